The lowest BCUT2D eigenvalue weighted by Gasteiger charge is -2.33. The maximum atomic E-state index is 4.71. The molecule has 0 amide bonds. The first-order valence-corrected chi connectivity index (χ1v) is 8.84. The molecule has 0 atom stereocenters. The highest BCUT2D eigenvalue weighted by atomic mass is 15.3. The molecule has 3 nitrogen and oxygen atoms in total. The van der Waals surface area contributed by atoms with Crippen LogP contribution in [0.15, 0.2) is 71.0 Å². The SMILES string of the molecule is CCN1C(=C2CN=C(C)N2c2ccccc2)C=Cc2cc(C)ccc21. The lowest BCUT2D eigenvalue weighted by molar-refractivity contribution is 0.939. The normalized spacial score (nSPS) is 19.2. The van der Waals surface area contributed by atoms with E-state index >= 15 is 0 Å². The van der Waals surface area contributed by atoms with Crippen LogP contribution in [0.4, 0.5) is 11.4 Å². The van der Waals surface area contributed by atoms with Gasteiger partial charge in [-0.15, -0.1) is 0 Å². The summed E-state index contributed by atoms with van der Waals surface area (Å²) in [5.74, 6) is 1.05. The first-order chi connectivity index (χ1) is 12.2. The van der Waals surface area contributed by atoms with E-state index in [0.717, 1.165) is 18.9 Å². The van der Waals surface area contributed by atoms with Crippen LogP contribution in [0.25, 0.3) is 6.08 Å². The van der Waals surface area contributed by atoms with E-state index < -0.39 is 0 Å². The molecule has 2 heterocycles. The predicted octanol–water partition coefficient (Wildman–Crippen LogP) is 5.00. The number of benzene rings is 2. The molecule has 0 saturated carbocycles. The van der Waals surface area contributed by atoms with Crippen molar-refractivity contribution in [1.82, 2.24) is 0 Å². The van der Waals surface area contributed by atoms with Crippen molar-refractivity contribution < 1.29 is 0 Å². The molecule has 0 fully saturated rings. The summed E-state index contributed by atoms with van der Waals surface area (Å²) in [6.45, 7) is 8.09. The highest BCUT2D eigenvalue weighted by Gasteiger charge is 2.27. The quantitative estimate of drug-likeness (QED) is 0.772. The van der Waals surface area contributed by atoms with Gasteiger partial charge in [0, 0.05) is 17.9 Å². The van der Waals surface area contributed by atoms with Crippen molar-refractivity contribution in [2.75, 3.05) is 22.9 Å². The second kappa shape index (κ2) is 6.25. The van der Waals surface area contributed by atoms with Crippen molar-refractivity contribution in [3.05, 3.63) is 77.1 Å². The Kier molecular flexibility index (Phi) is 3.92. The number of nitrogens with zero attached hydrogens (tertiary/aromatic N) is 3. The summed E-state index contributed by atoms with van der Waals surface area (Å²) in [6, 6.07) is 17.2. The lowest BCUT2D eigenvalue weighted by atomic mass is 10.0. The molecule has 25 heavy (non-hydrogen) atoms. The van der Waals surface area contributed by atoms with Crippen molar-refractivity contribution in [3.8, 4) is 0 Å². The number of aryl methyl sites for hydroxylation is 1. The van der Waals surface area contributed by atoms with Gasteiger partial charge in [0.05, 0.1) is 17.9 Å². The molecule has 2 aliphatic rings. The molecule has 2 aliphatic heterocycles. The zero-order chi connectivity index (χ0) is 17.4. The van der Waals surface area contributed by atoms with Gasteiger partial charge < -0.3 is 4.90 Å². The smallest absolute Gasteiger partial charge is 0.105 e. The zero-order valence-electron chi connectivity index (χ0n) is 15.0. The van der Waals surface area contributed by atoms with Crippen molar-refractivity contribution in [2.24, 2.45) is 4.99 Å². The molecule has 0 N–H and O–H groups in total. The monoisotopic (exact) mass is 329 g/mol. The number of aliphatic imine (C=N–C) groups is 1. The zero-order valence-corrected chi connectivity index (χ0v) is 15.0. The average molecular weight is 329 g/mol. The molecule has 0 radical (unpaired) electrons. The van der Waals surface area contributed by atoms with Gasteiger partial charge in [0.1, 0.15) is 5.84 Å². The van der Waals surface area contributed by atoms with Crippen molar-refractivity contribution in [2.45, 2.75) is 20.8 Å². The topological polar surface area (TPSA) is 18.8 Å². The maximum Gasteiger partial charge on any atom is 0.105 e. The Morgan fingerprint density at radius 1 is 1.00 bits per heavy atom. The fraction of sp³-hybridized carbons (Fsp3) is 0.227. The van der Waals surface area contributed by atoms with Crippen molar-refractivity contribution in [1.29, 1.82) is 0 Å². The molecular weight excluding hydrogens is 306 g/mol. The van der Waals surface area contributed by atoms with Gasteiger partial charge in [0.2, 0.25) is 0 Å². The number of likely N-dealkylation sites (N-methyl/N-ethyl adjacent to an activating group) is 1. The molecule has 0 bridgehead atoms. The minimum absolute atomic E-state index is 0.720. The van der Waals surface area contributed by atoms with Crippen LogP contribution in [-0.4, -0.2) is 18.9 Å². The highest BCUT2D eigenvalue weighted by Crippen LogP contribution is 2.36. The number of hydrogen-bond donors (Lipinski definition) is 0. The van der Waals surface area contributed by atoms with E-state index in [-0.39, 0.29) is 0 Å². The molecule has 0 unspecified atom stereocenters. The van der Waals surface area contributed by atoms with Crippen LogP contribution >= 0.6 is 0 Å². The van der Waals surface area contributed by atoms with Gasteiger partial charge >= 0.3 is 0 Å². The van der Waals surface area contributed by atoms with E-state index in [1.807, 2.05) is 0 Å². The summed E-state index contributed by atoms with van der Waals surface area (Å²) >= 11 is 0. The van der Waals surface area contributed by atoms with Gasteiger partial charge in [-0.2, -0.15) is 0 Å². The van der Waals surface area contributed by atoms with Crippen LogP contribution in [0.1, 0.15) is 25.0 Å². The Hall–Kier alpha value is -2.81. The third-order valence-electron chi connectivity index (χ3n) is 4.86. The number of anilines is 2. The minimum Gasteiger partial charge on any atom is -0.340 e. The summed E-state index contributed by atoms with van der Waals surface area (Å²) < 4.78 is 0. The summed E-state index contributed by atoms with van der Waals surface area (Å²) in [6.07, 6.45) is 4.47. The number of fused-ring (bicyclic) bond motifs is 1. The van der Waals surface area contributed by atoms with E-state index in [4.69, 9.17) is 4.99 Å². The van der Waals surface area contributed by atoms with E-state index in [1.54, 1.807) is 0 Å². The van der Waals surface area contributed by atoms with E-state index in [1.165, 1.54) is 33.9 Å². The Balaban J connectivity index is 1.84. The lowest BCUT2D eigenvalue weighted by Crippen LogP contribution is -2.31. The number of para-hydroxylation sites is 1. The molecular formula is C22H23N3. The summed E-state index contributed by atoms with van der Waals surface area (Å²) in [5, 5.41) is 0. The first-order valence-electron chi connectivity index (χ1n) is 8.84. The van der Waals surface area contributed by atoms with Crippen LogP contribution in [0, 0.1) is 6.92 Å². The largest absolute Gasteiger partial charge is 0.340 e. The minimum atomic E-state index is 0.720. The van der Waals surface area contributed by atoms with Gasteiger partial charge in [-0.05, 0) is 56.7 Å². The summed E-state index contributed by atoms with van der Waals surface area (Å²) in [4.78, 5) is 9.39. The van der Waals surface area contributed by atoms with Gasteiger partial charge in [-0.1, -0.05) is 35.9 Å². The Morgan fingerprint density at radius 3 is 2.56 bits per heavy atom. The van der Waals surface area contributed by atoms with E-state index in [0.29, 0.717) is 0 Å². The second-order valence-electron chi connectivity index (χ2n) is 6.51. The fourth-order valence-electron chi connectivity index (χ4n) is 3.68. The molecule has 3 heteroatoms. The standard InChI is InChI=1S/C22H23N3/c1-4-24-20-12-10-16(2)14-18(20)11-13-21(24)22-15-23-17(3)25(22)19-8-6-5-7-9-19/h5-14H,4,15H2,1-3H3. The van der Waals surface area contributed by atoms with Crippen molar-refractivity contribution in [3.63, 3.8) is 0 Å². The number of amidine groups is 1. The van der Waals surface area contributed by atoms with Gasteiger partial charge in [0.15, 0.2) is 0 Å². The van der Waals surface area contributed by atoms with Crippen LogP contribution < -0.4 is 9.80 Å². The Bertz CT molecular complexity index is 891. The molecule has 0 aliphatic carbocycles. The summed E-state index contributed by atoms with van der Waals surface area (Å²) in [5.41, 5.74) is 7.50. The van der Waals surface area contributed by atoms with Crippen LogP contribution in [0.2, 0.25) is 0 Å². The van der Waals surface area contributed by atoms with Gasteiger partial charge in [0.25, 0.3) is 0 Å². The third kappa shape index (κ3) is 2.66. The average Bonchev–Trinajstić information content (AvgIpc) is 3.02. The second-order valence-corrected chi connectivity index (χ2v) is 6.51. The molecule has 0 saturated heterocycles. The van der Waals surface area contributed by atoms with Crippen LogP contribution in [-0.2, 0) is 0 Å². The Labute approximate surface area is 149 Å². The van der Waals surface area contributed by atoms with E-state index in [9.17, 15) is 0 Å². The van der Waals surface area contributed by atoms with Crippen LogP contribution in [0.3, 0.4) is 0 Å². The van der Waals surface area contributed by atoms with Gasteiger partial charge in [-0.25, -0.2) is 0 Å². The summed E-state index contributed by atoms with van der Waals surface area (Å²) in [7, 11) is 0. The molecule has 2 aromatic carbocycles. The molecule has 0 aromatic heterocycles. The predicted molar refractivity (Wildman–Crippen MR) is 107 cm³/mol. The molecule has 126 valence electrons. The third-order valence-corrected chi connectivity index (χ3v) is 4.86. The first kappa shape index (κ1) is 15.7. The van der Waals surface area contributed by atoms with E-state index in [2.05, 4.69) is 91.3 Å². The molecule has 4 rings (SSSR count). The fourth-order valence-corrected chi connectivity index (χ4v) is 3.68. The number of hydrogen-bond acceptors (Lipinski definition) is 3. The highest BCUT2D eigenvalue weighted by molar-refractivity contribution is 6.02. The van der Waals surface area contributed by atoms with Gasteiger partial charge in [-0.3, -0.25) is 9.89 Å². The maximum absolute atomic E-state index is 4.71. The number of rotatable bonds is 2. The Morgan fingerprint density at radius 2 is 1.80 bits per heavy atom. The van der Waals surface area contributed by atoms with Crippen LogP contribution in [0.5, 0.6) is 0 Å². The molecule has 0 spiro atoms. The van der Waals surface area contributed by atoms with Crippen molar-refractivity contribution >= 4 is 23.3 Å². The molecule has 2 aromatic rings. The number of allylic oxidation sites excluding steroid dienone is 1.